The number of rotatable bonds is 12. The zero-order chi connectivity index (χ0) is 36.8. The number of para-hydroxylation sites is 1. The molecule has 7 rings (SSSR count). The van der Waals surface area contributed by atoms with Crippen molar-refractivity contribution in [2.75, 3.05) is 19.6 Å². The molecule has 1 aromatic heterocycles. The minimum absolute atomic E-state index is 0.0870. The normalized spacial score (nSPS) is 20.6. The fourth-order valence-electron chi connectivity index (χ4n) is 8.83. The lowest BCUT2D eigenvalue weighted by atomic mass is 9.81. The van der Waals surface area contributed by atoms with Crippen molar-refractivity contribution in [2.45, 2.75) is 89.1 Å². The Morgan fingerprint density at radius 1 is 0.849 bits per heavy atom. The van der Waals surface area contributed by atoms with Crippen LogP contribution < -0.4 is 5.43 Å². The number of carbonyl (C=O) groups is 4. The molecule has 3 heterocycles. The van der Waals surface area contributed by atoms with Gasteiger partial charge in [-0.1, -0.05) is 105 Å². The lowest BCUT2D eigenvalue weighted by Gasteiger charge is -2.42. The number of likely N-dealkylation sites (tertiary alicyclic amines) is 2. The van der Waals surface area contributed by atoms with Crippen molar-refractivity contribution >= 4 is 34.8 Å². The first-order chi connectivity index (χ1) is 25.9. The van der Waals surface area contributed by atoms with Crippen LogP contribution in [0.5, 0.6) is 0 Å². The highest BCUT2D eigenvalue weighted by Gasteiger charge is 2.61. The number of nitrogens with one attached hydrogen (secondary N) is 2. The van der Waals surface area contributed by atoms with Crippen LogP contribution >= 0.6 is 0 Å². The molecule has 0 spiro atoms. The first kappa shape index (κ1) is 36.2. The Kier molecular flexibility index (Phi) is 11.1. The highest BCUT2D eigenvalue weighted by atomic mass is 16.6. The largest absolute Gasteiger partial charge is 0.460 e. The summed E-state index contributed by atoms with van der Waals surface area (Å²) < 4.78 is 11.5. The van der Waals surface area contributed by atoms with Crippen LogP contribution in [-0.4, -0.2) is 75.4 Å². The first-order valence-corrected chi connectivity index (χ1v) is 19.0. The molecule has 278 valence electrons. The summed E-state index contributed by atoms with van der Waals surface area (Å²) in [5.74, 6) is -1.02. The van der Waals surface area contributed by atoms with Crippen LogP contribution in [0.4, 0.5) is 4.79 Å². The zero-order valence-corrected chi connectivity index (χ0v) is 30.4. The lowest BCUT2D eigenvalue weighted by Crippen LogP contribution is -2.61. The first-order valence-electron chi connectivity index (χ1n) is 19.0. The third kappa shape index (κ3) is 7.40. The van der Waals surface area contributed by atoms with Crippen LogP contribution in [0.25, 0.3) is 10.9 Å². The predicted octanol–water partition coefficient (Wildman–Crippen LogP) is 6.44. The number of hydrazine groups is 1. The molecule has 1 saturated carbocycles. The van der Waals surface area contributed by atoms with E-state index in [0.717, 1.165) is 59.7 Å². The van der Waals surface area contributed by atoms with Gasteiger partial charge in [-0.15, -0.1) is 0 Å². The number of H-pyrrole nitrogens is 1. The average molecular weight is 720 g/mol. The van der Waals surface area contributed by atoms with E-state index in [2.05, 4.69) is 16.5 Å². The Morgan fingerprint density at radius 3 is 2.21 bits per heavy atom. The average Bonchev–Trinajstić information content (AvgIpc) is 3.91. The highest BCUT2D eigenvalue weighted by molar-refractivity contribution is 5.90. The number of nitrogens with zero attached hydrogens (tertiary/aromatic N) is 3. The van der Waals surface area contributed by atoms with Gasteiger partial charge in [-0.05, 0) is 48.8 Å². The van der Waals surface area contributed by atoms with Crippen LogP contribution in [0.15, 0.2) is 91.1 Å². The number of amides is 3. The molecule has 4 aromatic rings. The van der Waals surface area contributed by atoms with Gasteiger partial charge in [0.05, 0.1) is 11.6 Å². The van der Waals surface area contributed by atoms with E-state index in [1.54, 1.807) is 6.92 Å². The smallest absolute Gasteiger partial charge is 0.410 e. The second kappa shape index (κ2) is 16.2. The maximum absolute atomic E-state index is 15.2. The van der Waals surface area contributed by atoms with E-state index in [4.69, 9.17) is 9.47 Å². The summed E-state index contributed by atoms with van der Waals surface area (Å²) in [6, 6.07) is 25.9. The SMILES string of the molecule is CCC(=O)N(NCC(=O)OCc1ccccc1)[C@H](C(=O)N1CC[C@@]2(c3c[nH]c4ccccc34)[C@H]1CCN2C(=O)OCc1ccccc1)C1CCCCC1. The maximum atomic E-state index is 15.2. The van der Waals surface area contributed by atoms with Gasteiger partial charge in [0.15, 0.2) is 0 Å². The Balaban J connectivity index is 1.18. The monoisotopic (exact) mass is 719 g/mol. The van der Waals surface area contributed by atoms with E-state index in [0.29, 0.717) is 25.9 Å². The second-order valence-corrected chi connectivity index (χ2v) is 14.4. The van der Waals surface area contributed by atoms with Crippen molar-refractivity contribution in [3.8, 4) is 0 Å². The Labute approximate surface area is 310 Å². The van der Waals surface area contributed by atoms with E-state index in [1.807, 2.05) is 94.9 Å². The summed E-state index contributed by atoms with van der Waals surface area (Å²) in [4.78, 5) is 63.1. The van der Waals surface area contributed by atoms with E-state index in [1.165, 1.54) is 5.01 Å². The number of benzene rings is 3. The Morgan fingerprint density at radius 2 is 1.51 bits per heavy atom. The molecule has 0 unspecified atom stereocenters. The minimum Gasteiger partial charge on any atom is -0.460 e. The van der Waals surface area contributed by atoms with Gasteiger partial charge in [0, 0.05) is 42.2 Å². The quantitative estimate of drug-likeness (QED) is 0.128. The van der Waals surface area contributed by atoms with E-state index < -0.39 is 23.6 Å². The molecule has 11 heteroatoms. The minimum atomic E-state index is -0.839. The van der Waals surface area contributed by atoms with E-state index in [9.17, 15) is 14.4 Å². The van der Waals surface area contributed by atoms with Crippen molar-refractivity contribution in [2.24, 2.45) is 5.92 Å². The van der Waals surface area contributed by atoms with Gasteiger partial charge >= 0.3 is 12.1 Å². The molecule has 2 N–H and O–H groups in total. The van der Waals surface area contributed by atoms with E-state index >= 15 is 4.79 Å². The molecular formula is C42H49N5O6. The molecular weight excluding hydrogens is 670 g/mol. The van der Waals surface area contributed by atoms with Crippen molar-refractivity contribution in [3.05, 3.63) is 108 Å². The van der Waals surface area contributed by atoms with Gasteiger partial charge < -0.3 is 19.4 Å². The summed E-state index contributed by atoms with van der Waals surface area (Å²) in [5, 5.41) is 2.42. The van der Waals surface area contributed by atoms with Crippen molar-refractivity contribution in [1.29, 1.82) is 0 Å². The number of aromatic nitrogens is 1. The number of ether oxygens (including phenoxy) is 2. The summed E-state index contributed by atoms with van der Waals surface area (Å²) in [6.07, 6.45) is 7.40. The van der Waals surface area contributed by atoms with Crippen LogP contribution in [0.2, 0.25) is 0 Å². The maximum Gasteiger partial charge on any atom is 0.410 e. The van der Waals surface area contributed by atoms with Crippen LogP contribution in [0.1, 0.15) is 75.0 Å². The molecule has 2 saturated heterocycles. The van der Waals surface area contributed by atoms with Gasteiger partial charge in [0.25, 0.3) is 0 Å². The third-order valence-electron chi connectivity index (χ3n) is 11.4. The molecule has 3 aromatic carbocycles. The van der Waals surface area contributed by atoms with Crippen LogP contribution in [-0.2, 0) is 42.6 Å². The number of hydrogen-bond donors (Lipinski definition) is 2. The molecule has 0 radical (unpaired) electrons. The summed E-state index contributed by atoms with van der Waals surface area (Å²) >= 11 is 0. The molecule has 0 bridgehead atoms. The Bertz CT molecular complexity index is 1890. The summed E-state index contributed by atoms with van der Waals surface area (Å²) in [6.45, 7) is 2.59. The summed E-state index contributed by atoms with van der Waals surface area (Å²) in [5.41, 5.74) is 5.89. The highest BCUT2D eigenvalue weighted by Crippen LogP contribution is 2.51. The van der Waals surface area contributed by atoms with Gasteiger partial charge in [-0.25, -0.2) is 10.2 Å². The van der Waals surface area contributed by atoms with Crippen LogP contribution in [0.3, 0.4) is 0 Å². The van der Waals surface area contributed by atoms with Crippen molar-refractivity contribution in [1.82, 2.24) is 25.2 Å². The molecule has 3 atom stereocenters. The number of fused-ring (bicyclic) bond motifs is 2. The van der Waals surface area contributed by atoms with Gasteiger partial charge in [0.1, 0.15) is 25.8 Å². The molecule has 2 aliphatic heterocycles. The fourth-order valence-corrected chi connectivity index (χ4v) is 8.83. The molecule has 3 amide bonds. The van der Waals surface area contributed by atoms with Gasteiger partial charge in [-0.3, -0.25) is 24.3 Å². The van der Waals surface area contributed by atoms with E-state index in [-0.39, 0.29) is 50.0 Å². The number of aromatic amines is 1. The molecule has 11 nitrogen and oxygen atoms in total. The van der Waals surface area contributed by atoms with Gasteiger partial charge in [-0.2, -0.15) is 0 Å². The third-order valence-corrected chi connectivity index (χ3v) is 11.4. The number of hydrogen-bond acceptors (Lipinski definition) is 7. The lowest BCUT2D eigenvalue weighted by molar-refractivity contribution is -0.156. The van der Waals surface area contributed by atoms with Crippen LogP contribution in [0, 0.1) is 5.92 Å². The molecule has 53 heavy (non-hydrogen) atoms. The zero-order valence-electron chi connectivity index (χ0n) is 30.4. The second-order valence-electron chi connectivity index (χ2n) is 14.4. The molecule has 3 aliphatic rings. The molecule has 3 fully saturated rings. The standard InChI is InChI=1S/C42H49N5O6/c1-2-37(48)47(44-27-38(49)52-28-30-14-6-3-7-15-30)39(32-18-10-5-11-19-32)40(50)45-25-23-42(34-26-43-35-21-13-12-20-33(34)35)36(45)22-24-46(42)41(51)53-29-31-16-8-4-9-17-31/h3-4,6-9,12-17,20-21,26,32,36,39,43-44H,2,5,10-11,18-19,22-25,27-29H2,1H3/t36-,39+,42-/m1/s1. The Hall–Kier alpha value is -5.16. The molecule has 1 aliphatic carbocycles. The van der Waals surface area contributed by atoms with Gasteiger partial charge in [0.2, 0.25) is 11.8 Å². The number of carbonyl (C=O) groups excluding carboxylic acids is 4. The topological polar surface area (TPSA) is 124 Å². The summed E-state index contributed by atoms with van der Waals surface area (Å²) in [7, 11) is 0. The van der Waals surface area contributed by atoms with Crippen molar-refractivity contribution < 1.29 is 28.7 Å². The number of esters is 1. The predicted molar refractivity (Wildman–Crippen MR) is 200 cm³/mol. The van der Waals surface area contributed by atoms with Crippen molar-refractivity contribution in [3.63, 3.8) is 0 Å². The fraction of sp³-hybridized carbons (Fsp3) is 0.429.